The number of hydrogen-bond acceptors (Lipinski definition) is 2. The van der Waals surface area contributed by atoms with E-state index in [1.54, 1.807) is 18.2 Å². The van der Waals surface area contributed by atoms with Crippen molar-refractivity contribution in [2.75, 3.05) is 5.32 Å². The molecule has 90 valence electrons. The van der Waals surface area contributed by atoms with Gasteiger partial charge in [-0.05, 0) is 48.9 Å². The van der Waals surface area contributed by atoms with Crippen molar-refractivity contribution in [2.45, 2.75) is 6.92 Å². The quantitative estimate of drug-likeness (QED) is 0.869. The molecule has 4 heteroatoms. The van der Waals surface area contributed by atoms with Crippen LogP contribution in [0.4, 0.5) is 15.8 Å². The van der Waals surface area contributed by atoms with Crippen molar-refractivity contribution < 1.29 is 4.39 Å². The fourth-order valence-corrected chi connectivity index (χ4v) is 1.88. The van der Waals surface area contributed by atoms with Gasteiger partial charge in [0.2, 0.25) is 0 Å². The van der Waals surface area contributed by atoms with Crippen LogP contribution in [0.5, 0.6) is 0 Å². The number of benzene rings is 2. The Morgan fingerprint density at radius 3 is 2.56 bits per heavy atom. The third-order valence-corrected chi connectivity index (χ3v) is 2.72. The summed E-state index contributed by atoms with van der Waals surface area (Å²) < 4.78 is 13.2. The molecule has 0 spiro atoms. The van der Waals surface area contributed by atoms with E-state index in [1.807, 2.05) is 13.0 Å². The third kappa shape index (κ3) is 2.79. The van der Waals surface area contributed by atoms with Gasteiger partial charge in [0, 0.05) is 16.4 Å². The second kappa shape index (κ2) is 5.07. The summed E-state index contributed by atoms with van der Waals surface area (Å²) in [6, 6.07) is 11.7. The lowest BCUT2D eigenvalue weighted by Gasteiger charge is -2.08. The predicted molar refractivity (Wildman–Crippen MR) is 70.6 cm³/mol. The maximum absolute atomic E-state index is 13.2. The molecule has 2 rings (SSSR count). The Bertz CT molecular complexity index is 612. The molecule has 0 atom stereocenters. The van der Waals surface area contributed by atoms with Crippen molar-refractivity contribution in [1.82, 2.24) is 0 Å². The van der Waals surface area contributed by atoms with Crippen molar-refractivity contribution in [2.24, 2.45) is 0 Å². The first-order chi connectivity index (χ1) is 8.58. The molecule has 0 saturated carbocycles. The summed E-state index contributed by atoms with van der Waals surface area (Å²) in [5.41, 5.74) is 2.85. The molecule has 0 amide bonds. The highest BCUT2D eigenvalue weighted by atomic mass is 35.5. The summed E-state index contributed by atoms with van der Waals surface area (Å²) >= 11 is 5.77. The lowest BCUT2D eigenvalue weighted by molar-refractivity contribution is 0.628. The molecule has 0 fully saturated rings. The van der Waals surface area contributed by atoms with E-state index in [4.69, 9.17) is 16.9 Å². The normalized spacial score (nSPS) is 9.89. The average molecular weight is 261 g/mol. The zero-order valence-corrected chi connectivity index (χ0v) is 10.4. The van der Waals surface area contributed by atoms with Crippen molar-refractivity contribution >= 4 is 23.0 Å². The molecule has 18 heavy (non-hydrogen) atoms. The number of nitrogens with zero attached hydrogens (tertiary/aromatic N) is 1. The average Bonchev–Trinajstić information content (AvgIpc) is 2.27. The van der Waals surface area contributed by atoms with E-state index >= 15 is 0 Å². The summed E-state index contributed by atoms with van der Waals surface area (Å²) in [5.74, 6) is -0.393. The van der Waals surface area contributed by atoms with E-state index in [2.05, 4.69) is 11.4 Å². The number of aryl methyl sites for hydroxylation is 1. The van der Waals surface area contributed by atoms with Crippen LogP contribution in [0.15, 0.2) is 36.4 Å². The first kappa shape index (κ1) is 12.4. The van der Waals surface area contributed by atoms with Crippen LogP contribution in [0.3, 0.4) is 0 Å². The van der Waals surface area contributed by atoms with Crippen molar-refractivity contribution in [3.63, 3.8) is 0 Å². The van der Waals surface area contributed by atoms with Gasteiger partial charge in [0.1, 0.15) is 5.82 Å². The van der Waals surface area contributed by atoms with Gasteiger partial charge in [-0.25, -0.2) is 4.39 Å². The monoisotopic (exact) mass is 260 g/mol. The lowest BCUT2D eigenvalue weighted by Crippen LogP contribution is -1.93. The molecule has 0 aliphatic carbocycles. The van der Waals surface area contributed by atoms with Crippen LogP contribution >= 0.6 is 11.6 Å². The highest BCUT2D eigenvalue weighted by Crippen LogP contribution is 2.23. The van der Waals surface area contributed by atoms with Crippen LogP contribution in [0.25, 0.3) is 0 Å². The Labute approximate surface area is 110 Å². The molecule has 0 saturated heterocycles. The predicted octanol–water partition coefficient (Wildman–Crippen LogP) is 4.40. The van der Waals surface area contributed by atoms with Gasteiger partial charge >= 0.3 is 0 Å². The van der Waals surface area contributed by atoms with Crippen LogP contribution in [-0.2, 0) is 0 Å². The highest BCUT2D eigenvalue weighted by Gasteiger charge is 2.02. The van der Waals surface area contributed by atoms with Crippen LogP contribution in [-0.4, -0.2) is 0 Å². The highest BCUT2D eigenvalue weighted by molar-refractivity contribution is 6.30. The second-order valence-electron chi connectivity index (χ2n) is 3.92. The Hall–Kier alpha value is -2.05. The Kier molecular flexibility index (Phi) is 3.50. The molecule has 0 heterocycles. The maximum atomic E-state index is 13.2. The van der Waals surface area contributed by atoms with E-state index in [1.165, 1.54) is 12.1 Å². The number of anilines is 2. The van der Waals surface area contributed by atoms with Crippen molar-refractivity contribution in [3.8, 4) is 6.07 Å². The van der Waals surface area contributed by atoms with Crippen LogP contribution < -0.4 is 5.32 Å². The zero-order chi connectivity index (χ0) is 13.1. The molecule has 0 aromatic heterocycles. The molecule has 2 nitrogen and oxygen atoms in total. The maximum Gasteiger partial charge on any atom is 0.126 e. The van der Waals surface area contributed by atoms with Crippen LogP contribution in [0.1, 0.15) is 11.1 Å². The van der Waals surface area contributed by atoms with Gasteiger partial charge in [0.05, 0.1) is 11.6 Å². The number of halogens is 2. The molecule has 0 bridgehead atoms. The first-order valence-electron chi connectivity index (χ1n) is 5.32. The largest absolute Gasteiger partial charge is 0.355 e. The smallest absolute Gasteiger partial charge is 0.126 e. The van der Waals surface area contributed by atoms with E-state index in [-0.39, 0.29) is 0 Å². The van der Waals surface area contributed by atoms with Gasteiger partial charge in [-0.3, -0.25) is 0 Å². The molecule has 1 N–H and O–H groups in total. The Morgan fingerprint density at radius 2 is 1.94 bits per heavy atom. The Morgan fingerprint density at radius 1 is 1.17 bits per heavy atom. The number of nitrogens with one attached hydrogen (secondary N) is 1. The standard InChI is InChI=1S/C14H10ClFN2/c1-9-4-13(3-2-10(9)8-17)18-14-6-11(15)5-12(16)7-14/h2-7,18H,1H3. The summed E-state index contributed by atoms with van der Waals surface area (Å²) in [4.78, 5) is 0. The topological polar surface area (TPSA) is 35.8 Å². The summed E-state index contributed by atoms with van der Waals surface area (Å²) in [6.45, 7) is 1.85. The van der Waals surface area contributed by atoms with Crippen LogP contribution in [0.2, 0.25) is 5.02 Å². The van der Waals surface area contributed by atoms with Gasteiger partial charge < -0.3 is 5.32 Å². The van der Waals surface area contributed by atoms with E-state index in [9.17, 15) is 4.39 Å². The molecule has 0 aliphatic heterocycles. The van der Waals surface area contributed by atoms with E-state index in [0.717, 1.165) is 11.3 Å². The molecule has 0 radical (unpaired) electrons. The number of rotatable bonds is 2. The minimum absolute atomic E-state index is 0.336. The zero-order valence-electron chi connectivity index (χ0n) is 9.67. The van der Waals surface area contributed by atoms with Gasteiger partial charge in [-0.2, -0.15) is 5.26 Å². The molecule has 0 unspecified atom stereocenters. The third-order valence-electron chi connectivity index (χ3n) is 2.50. The Balaban J connectivity index is 2.29. The molecule has 2 aromatic rings. The minimum atomic E-state index is -0.393. The van der Waals surface area contributed by atoms with Gasteiger partial charge in [0.25, 0.3) is 0 Å². The fraction of sp³-hybridized carbons (Fsp3) is 0.0714. The number of hydrogen-bond donors (Lipinski definition) is 1. The van der Waals surface area contributed by atoms with Gasteiger partial charge in [-0.1, -0.05) is 11.6 Å². The number of nitriles is 1. The molecule has 0 aliphatic rings. The van der Waals surface area contributed by atoms with Crippen molar-refractivity contribution in [3.05, 3.63) is 58.4 Å². The van der Waals surface area contributed by atoms with Gasteiger partial charge in [0.15, 0.2) is 0 Å². The molecular formula is C14H10ClFN2. The second-order valence-corrected chi connectivity index (χ2v) is 4.36. The summed E-state index contributed by atoms with van der Waals surface area (Å²) in [7, 11) is 0. The lowest BCUT2D eigenvalue weighted by atomic mass is 10.1. The summed E-state index contributed by atoms with van der Waals surface area (Å²) in [6.07, 6.45) is 0. The van der Waals surface area contributed by atoms with Gasteiger partial charge in [-0.15, -0.1) is 0 Å². The van der Waals surface area contributed by atoms with E-state index < -0.39 is 5.82 Å². The SMILES string of the molecule is Cc1cc(Nc2cc(F)cc(Cl)c2)ccc1C#N. The first-order valence-corrected chi connectivity index (χ1v) is 5.70. The fourth-order valence-electron chi connectivity index (χ4n) is 1.66. The summed E-state index contributed by atoms with van der Waals surface area (Å²) in [5, 5.41) is 12.2. The van der Waals surface area contributed by atoms with Crippen LogP contribution in [0, 0.1) is 24.1 Å². The van der Waals surface area contributed by atoms with E-state index in [0.29, 0.717) is 16.3 Å². The molecule has 2 aromatic carbocycles. The minimum Gasteiger partial charge on any atom is -0.355 e. The van der Waals surface area contributed by atoms with Crippen molar-refractivity contribution in [1.29, 1.82) is 5.26 Å². The molecular weight excluding hydrogens is 251 g/mol.